The van der Waals surface area contributed by atoms with E-state index in [0.717, 1.165) is 6.26 Å². The molecule has 0 aliphatic carbocycles. The summed E-state index contributed by atoms with van der Waals surface area (Å²) in [6.45, 7) is 0.192. The van der Waals surface area contributed by atoms with Crippen molar-refractivity contribution in [3.8, 4) is 0 Å². The largest absolute Gasteiger partial charge is 0.314 e. The Labute approximate surface area is 90.6 Å². The van der Waals surface area contributed by atoms with Crippen LogP contribution in [0.15, 0.2) is 27.6 Å². The van der Waals surface area contributed by atoms with Crippen LogP contribution in [-0.4, -0.2) is 25.0 Å². The molecule has 1 aromatic heterocycles. The molecule has 0 aliphatic rings. The van der Waals surface area contributed by atoms with Crippen LogP contribution in [-0.2, 0) is 16.4 Å². The second-order valence-corrected chi connectivity index (χ2v) is 6.10. The minimum absolute atomic E-state index is 0.0244. The molecule has 0 N–H and O–H groups in total. The summed E-state index contributed by atoms with van der Waals surface area (Å²) in [6, 6.07) is 3.31. The van der Waals surface area contributed by atoms with Crippen molar-refractivity contribution >= 4 is 25.8 Å². The van der Waals surface area contributed by atoms with Gasteiger partial charge in [0.15, 0.2) is 0 Å². The van der Waals surface area contributed by atoms with Crippen molar-refractivity contribution in [1.29, 1.82) is 0 Å². The number of halogens is 1. The molecule has 0 fully saturated rings. The van der Waals surface area contributed by atoms with Crippen LogP contribution in [0.25, 0.3) is 0 Å². The number of aromatic nitrogens is 1. The summed E-state index contributed by atoms with van der Waals surface area (Å²) >= 11 is 3.08. The van der Waals surface area contributed by atoms with Gasteiger partial charge in [-0.2, -0.15) is 0 Å². The van der Waals surface area contributed by atoms with Crippen molar-refractivity contribution in [3.05, 3.63) is 33.2 Å². The third-order valence-electron chi connectivity index (χ3n) is 1.68. The molecular weight excluding hydrogens is 270 g/mol. The predicted octanol–water partition coefficient (Wildman–Crippen LogP) is 0.655. The van der Waals surface area contributed by atoms with Crippen molar-refractivity contribution in [1.82, 2.24) is 4.57 Å². The first kappa shape index (κ1) is 11.5. The van der Waals surface area contributed by atoms with E-state index in [2.05, 4.69) is 15.9 Å². The van der Waals surface area contributed by atoms with E-state index in [0.29, 0.717) is 4.47 Å². The fourth-order valence-electron chi connectivity index (χ4n) is 0.948. The number of aryl methyl sites for hydroxylation is 1. The summed E-state index contributed by atoms with van der Waals surface area (Å²) in [5.41, 5.74) is -0.212. The average Bonchev–Trinajstić information content (AvgIpc) is 2.06. The molecule has 0 saturated heterocycles. The van der Waals surface area contributed by atoms with Gasteiger partial charge in [0.2, 0.25) is 0 Å². The van der Waals surface area contributed by atoms with Gasteiger partial charge < -0.3 is 4.57 Å². The number of hydrogen-bond donors (Lipinski definition) is 0. The van der Waals surface area contributed by atoms with Gasteiger partial charge in [-0.25, -0.2) is 8.42 Å². The monoisotopic (exact) mass is 279 g/mol. The van der Waals surface area contributed by atoms with Crippen LogP contribution >= 0.6 is 15.9 Å². The van der Waals surface area contributed by atoms with Crippen LogP contribution in [0.3, 0.4) is 0 Å². The first-order valence-corrected chi connectivity index (χ1v) is 6.78. The van der Waals surface area contributed by atoms with Crippen LogP contribution in [0.2, 0.25) is 0 Å². The van der Waals surface area contributed by atoms with Gasteiger partial charge >= 0.3 is 0 Å². The highest BCUT2D eigenvalue weighted by Crippen LogP contribution is 2.00. The van der Waals surface area contributed by atoms with Crippen LogP contribution in [0.5, 0.6) is 0 Å². The maximum Gasteiger partial charge on any atom is 0.264 e. The van der Waals surface area contributed by atoms with Gasteiger partial charge in [0.25, 0.3) is 5.56 Å². The zero-order valence-electron chi connectivity index (χ0n) is 7.60. The fraction of sp³-hybridized carbons (Fsp3) is 0.375. The highest BCUT2D eigenvalue weighted by Gasteiger charge is 2.04. The minimum Gasteiger partial charge on any atom is -0.314 e. The lowest BCUT2D eigenvalue weighted by Gasteiger charge is -2.03. The lowest BCUT2D eigenvalue weighted by atomic mass is 10.5. The quantitative estimate of drug-likeness (QED) is 0.817. The summed E-state index contributed by atoms with van der Waals surface area (Å²) in [4.78, 5) is 11.4. The molecule has 0 aromatic carbocycles. The zero-order chi connectivity index (χ0) is 10.8. The Morgan fingerprint density at radius 2 is 2.14 bits per heavy atom. The third kappa shape index (κ3) is 3.26. The second-order valence-electron chi connectivity index (χ2n) is 2.98. The third-order valence-corrected chi connectivity index (χ3v) is 3.20. The van der Waals surface area contributed by atoms with Gasteiger partial charge in [0.1, 0.15) is 9.84 Å². The number of hydrogen-bond acceptors (Lipinski definition) is 3. The van der Waals surface area contributed by atoms with Gasteiger partial charge in [0, 0.05) is 19.0 Å². The van der Waals surface area contributed by atoms with Crippen molar-refractivity contribution < 1.29 is 8.42 Å². The number of rotatable bonds is 3. The number of nitrogens with zero attached hydrogens (tertiary/aromatic N) is 1. The molecule has 0 radical (unpaired) electrons. The maximum atomic E-state index is 11.4. The second kappa shape index (κ2) is 4.27. The molecule has 14 heavy (non-hydrogen) atoms. The molecule has 0 amide bonds. The highest BCUT2D eigenvalue weighted by molar-refractivity contribution is 9.10. The van der Waals surface area contributed by atoms with Crippen molar-refractivity contribution in [3.63, 3.8) is 0 Å². The molecule has 78 valence electrons. The Balaban J connectivity index is 2.89. The van der Waals surface area contributed by atoms with Gasteiger partial charge in [-0.05, 0) is 28.1 Å². The van der Waals surface area contributed by atoms with E-state index in [-0.39, 0.29) is 17.9 Å². The molecule has 1 rings (SSSR count). The van der Waals surface area contributed by atoms with Gasteiger partial charge in [-0.3, -0.25) is 4.79 Å². The molecule has 0 aliphatic heterocycles. The van der Waals surface area contributed by atoms with Crippen molar-refractivity contribution in [2.75, 3.05) is 12.0 Å². The summed E-state index contributed by atoms with van der Waals surface area (Å²) in [5.74, 6) is -0.0244. The first-order valence-electron chi connectivity index (χ1n) is 3.93. The Morgan fingerprint density at radius 3 is 2.71 bits per heavy atom. The normalized spacial score (nSPS) is 11.6. The van der Waals surface area contributed by atoms with Gasteiger partial charge in [-0.15, -0.1) is 0 Å². The minimum atomic E-state index is -3.03. The van der Waals surface area contributed by atoms with Gasteiger partial charge in [-0.1, -0.05) is 0 Å². The van der Waals surface area contributed by atoms with Crippen LogP contribution in [0.1, 0.15) is 0 Å². The average molecular weight is 280 g/mol. The van der Waals surface area contributed by atoms with E-state index in [9.17, 15) is 13.2 Å². The molecule has 0 spiro atoms. The Bertz CT molecular complexity index is 478. The standard InChI is InChI=1S/C8H10BrNO3S/c1-14(12,13)6-5-10-4-2-3-7(9)8(10)11/h2-4H,5-6H2,1H3. The summed E-state index contributed by atoms with van der Waals surface area (Å²) in [6.07, 6.45) is 2.72. The van der Waals surface area contributed by atoms with E-state index in [1.165, 1.54) is 4.57 Å². The summed E-state index contributed by atoms with van der Waals surface area (Å²) in [5, 5.41) is 0. The molecule has 1 aromatic rings. The molecular formula is C8H10BrNO3S. The Hall–Kier alpha value is -0.620. The summed E-state index contributed by atoms with van der Waals surface area (Å²) in [7, 11) is -3.03. The molecule has 0 saturated carbocycles. The smallest absolute Gasteiger partial charge is 0.264 e. The van der Waals surface area contributed by atoms with E-state index >= 15 is 0 Å². The van der Waals surface area contributed by atoms with E-state index in [1.807, 2.05) is 0 Å². The molecule has 4 nitrogen and oxygen atoms in total. The zero-order valence-corrected chi connectivity index (χ0v) is 10.0. The van der Waals surface area contributed by atoms with E-state index < -0.39 is 9.84 Å². The van der Waals surface area contributed by atoms with E-state index in [1.54, 1.807) is 18.3 Å². The topological polar surface area (TPSA) is 56.1 Å². The Morgan fingerprint density at radius 1 is 1.50 bits per heavy atom. The molecule has 6 heteroatoms. The lowest BCUT2D eigenvalue weighted by molar-refractivity contribution is 0.592. The van der Waals surface area contributed by atoms with Gasteiger partial charge in [0.05, 0.1) is 10.2 Å². The highest BCUT2D eigenvalue weighted by atomic mass is 79.9. The molecule has 0 unspecified atom stereocenters. The van der Waals surface area contributed by atoms with Crippen LogP contribution in [0.4, 0.5) is 0 Å². The van der Waals surface area contributed by atoms with Crippen LogP contribution in [0, 0.1) is 0 Å². The lowest BCUT2D eigenvalue weighted by Crippen LogP contribution is -2.23. The fourth-order valence-corrected chi connectivity index (χ4v) is 1.86. The van der Waals surface area contributed by atoms with Crippen LogP contribution < -0.4 is 5.56 Å². The predicted molar refractivity (Wildman–Crippen MR) is 58.1 cm³/mol. The van der Waals surface area contributed by atoms with Crippen molar-refractivity contribution in [2.24, 2.45) is 0 Å². The molecule has 0 atom stereocenters. The molecule has 1 heterocycles. The number of pyridine rings is 1. The number of sulfone groups is 1. The van der Waals surface area contributed by atoms with Crippen molar-refractivity contribution in [2.45, 2.75) is 6.54 Å². The SMILES string of the molecule is CS(=O)(=O)CCn1cccc(Br)c1=O. The van der Waals surface area contributed by atoms with E-state index in [4.69, 9.17) is 0 Å². The first-order chi connectivity index (χ1) is 6.40. The molecule has 0 bridgehead atoms. The summed E-state index contributed by atoms with van der Waals surface area (Å²) < 4.78 is 23.6. The Kier molecular flexibility index (Phi) is 3.49. The maximum absolute atomic E-state index is 11.4.